The van der Waals surface area contributed by atoms with Crippen molar-refractivity contribution in [3.63, 3.8) is 0 Å². The fourth-order valence-corrected chi connectivity index (χ4v) is 2.82. The molecule has 2 N–H and O–H groups in total. The van der Waals surface area contributed by atoms with Gasteiger partial charge in [0, 0.05) is 35.9 Å². The highest BCUT2D eigenvalue weighted by Gasteiger charge is 2.21. The number of benzene rings is 2. The summed E-state index contributed by atoms with van der Waals surface area (Å²) < 4.78 is 0. The molecule has 3 amide bonds. The molecule has 2 aromatic carbocycles. The molecule has 0 aromatic heterocycles. The molecule has 0 unspecified atom stereocenters. The minimum atomic E-state index is -0.746. The van der Waals surface area contributed by atoms with Gasteiger partial charge in [-0.3, -0.25) is 14.4 Å². The molecule has 1 heterocycles. The quantitative estimate of drug-likeness (QED) is 0.811. The highest BCUT2D eigenvalue weighted by atomic mass is 35.5. The van der Waals surface area contributed by atoms with Crippen molar-refractivity contribution in [1.82, 2.24) is 5.32 Å². The Morgan fingerprint density at radius 1 is 1.00 bits per heavy atom. The number of rotatable bonds is 4. The number of nitrogens with one attached hydrogen (secondary N) is 2. The minimum absolute atomic E-state index is 0.100. The van der Waals surface area contributed by atoms with Gasteiger partial charge in [0.05, 0.1) is 0 Å². The third-order valence-corrected chi connectivity index (χ3v) is 4.33. The average molecular weight is 372 g/mol. The molecule has 2 aromatic rings. The van der Waals surface area contributed by atoms with E-state index in [1.54, 1.807) is 53.4 Å². The van der Waals surface area contributed by atoms with Crippen molar-refractivity contribution in [3.05, 3.63) is 59.1 Å². The highest BCUT2D eigenvalue weighted by molar-refractivity contribution is 6.39. The Balaban J connectivity index is 1.52. The molecule has 7 heteroatoms. The smallest absolute Gasteiger partial charge is 0.313 e. The molecule has 0 spiro atoms. The van der Waals surface area contributed by atoms with Gasteiger partial charge in [-0.25, -0.2) is 0 Å². The molecule has 26 heavy (non-hydrogen) atoms. The number of carbonyl (C=O) groups excluding carboxylic acids is 3. The van der Waals surface area contributed by atoms with Crippen LogP contribution in [0.5, 0.6) is 0 Å². The predicted molar refractivity (Wildman–Crippen MR) is 100.0 cm³/mol. The zero-order valence-electron chi connectivity index (χ0n) is 14.0. The van der Waals surface area contributed by atoms with Gasteiger partial charge in [-0.1, -0.05) is 23.7 Å². The van der Waals surface area contributed by atoms with E-state index in [4.69, 9.17) is 11.6 Å². The van der Waals surface area contributed by atoms with Crippen molar-refractivity contribution in [2.24, 2.45) is 0 Å². The van der Waals surface area contributed by atoms with Crippen molar-refractivity contribution < 1.29 is 14.4 Å². The van der Waals surface area contributed by atoms with Gasteiger partial charge in [0.15, 0.2) is 0 Å². The van der Waals surface area contributed by atoms with Crippen LogP contribution < -0.4 is 15.5 Å². The largest absolute Gasteiger partial charge is 0.344 e. The second-order valence-electron chi connectivity index (χ2n) is 5.96. The summed E-state index contributed by atoms with van der Waals surface area (Å²) >= 11 is 5.80. The molecule has 1 aliphatic rings. The summed E-state index contributed by atoms with van der Waals surface area (Å²) in [6, 6.07) is 13.8. The van der Waals surface area contributed by atoms with E-state index >= 15 is 0 Å². The maximum Gasteiger partial charge on any atom is 0.313 e. The SMILES string of the molecule is O=C(NCc1ccc(Cl)cc1)C(=O)Nc1ccc(N2CCCC2=O)cc1. The van der Waals surface area contributed by atoms with E-state index in [0.29, 0.717) is 23.7 Å². The number of anilines is 2. The fourth-order valence-electron chi connectivity index (χ4n) is 2.70. The standard InChI is InChI=1S/C19H18ClN3O3/c20-14-5-3-13(4-6-14)12-21-18(25)19(26)22-15-7-9-16(10-8-15)23-11-1-2-17(23)24/h3-10H,1-2,11-12H2,(H,21,25)(H,22,26). The van der Waals surface area contributed by atoms with Gasteiger partial charge in [0.25, 0.3) is 0 Å². The van der Waals surface area contributed by atoms with Gasteiger partial charge in [-0.05, 0) is 48.4 Å². The molecule has 6 nitrogen and oxygen atoms in total. The monoisotopic (exact) mass is 371 g/mol. The summed E-state index contributed by atoms with van der Waals surface area (Å²) in [5.41, 5.74) is 2.12. The van der Waals surface area contributed by atoms with Crippen LogP contribution in [-0.4, -0.2) is 24.3 Å². The molecule has 0 bridgehead atoms. The Morgan fingerprint density at radius 2 is 1.69 bits per heavy atom. The fraction of sp³-hybridized carbons (Fsp3) is 0.211. The molecule has 1 saturated heterocycles. The van der Waals surface area contributed by atoms with Gasteiger partial charge in [0.2, 0.25) is 5.91 Å². The lowest BCUT2D eigenvalue weighted by Crippen LogP contribution is -2.34. The van der Waals surface area contributed by atoms with E-state index in [0.717, 1.165) is 17.7 Å². The molecule has 0 saturated carbocycles. The van der Waals surface area contributed by atoms with Crippen LogP contribution in [0.3, 0.4) is 0 Å². The van der Waals surface area contributed by atoms with E-state index in [1.165, 1.54) is 0 Å². The van der Waals surface area contributed by atoms with Crippen LogP contribution in [0.25, 0.3) is 0 Å². The summed E-state index contributed by atoms with van der Waals surface area (Å²) in [5, 5.41) is 5.70. The van der Waals surface area contributed by atoms with Gasteiger partial charge in [-0.2, -0.15) is 0 Å². The Hall–Kier alpha value is -2.86. The topological polar surface area (TPSA) is 78.5 Å². The number of halogens is 1. The first-order chi connectivity index (χ1) is 12.5. The lowest BCUT2D eigenvalue weighted by atomic mass is 10.2. The van der Waals surface area contributed by atoms with Crippen molar-refractivity contribution in [1.29, 1.82) is 0 Å². The Morgan fingerprint density at radius 3 is 2.31 bits per heavy atom. The lowest BCUT2D eigenvalue weighted by molar-refractivity contribution is -0.136. The number of nitrogens with zero attached hydrogens (tertiary/aromatic N) is 1. The third kappa shape index (κ3) is 4.40. The number of hydrogen-bond donors (Lipinski definition) is 2. The maximum atomic E-state index is 12.0. The molecule has 0 aliphatic carbocycles. The molecule has 0 atom stereocenters. The second kappa shape index (κ2) is 8.01. The van der Waals surface area contributed by atoms with E-state index in [2.05, 4.69) is 10.6 Å². The molecule has 1 fully saturated rings. The van der Waals surface area contributed by atoms with Gasteiger partial charge in [-0.15, -0.1) is 0 Å². The second-order valence-corrected chi connectivity index (χ2v) is 6.40. The molecule has 134 valence electrons. The Kier molecular flexibility index (Phi) is 5.53. The lowest BCUT2D eigenvalue weighted by Gasteiger charge is -2.16. The molecular weight excluding hydrogens is 354 g/mol. The zero-order chi connectivity index (χ0) is 18.5. The number of hydrogen-bond acceptors (Lipinski definition) is 3. The van der Waals surface area contributed by atoms with Crippen LogP contribution >= 0.6 is 11.6 Å². The van der Waals surface area contributed by atoms with Crippen molar-refractivity contribution in [2.45, 2.75) is 19.4 Å². The van der Waals surface area contributed by atoms with Crippen LogP contribution in [0.15, 0.2) is 48.5 Å². The zero-order valence-corrected chi connectivity index (χ0v) is 14.8. The van der Waals surface area contributed by atoms with Crippen molar-refractivity contribution >= 4 is 40.7 Å². The van der Waals surface area contributed by atoms with Gasteiger partial charge >= 0.3 is 11.8 Å². The predicted octanol–water partition coefficient (Wildman–Crippen LogP) is 2.72. The molecule has 3 rings (SSSR count). The highest BCUT2D eigenvalue weighted by Crippen LogP contribution is 2.23. The number of amides is 3. The first kappa shape index (κ1) is 17.9. The summed E-state index contributed by atoms with van der Waals surface area (Å²) in [4.78, 5) is 37.3. The van der Waals surface area contributed by atoms with Crippen molar-refractivity contribution in [3.8, 4) is 0 Å². The molecule has 1 aliphatic heterocycles. The first-order valence-corrected chi connectivity index (χ1v) is 8.65. The summed E-state index contributed by atoms with van der Waals surface area (Å²) in [7, 11) is 0. The Labute approximate surface area is 156 Å². The summed E-state index contributed by atoms with van der Waals surface area (Å²) in [6.45, 7) is 0.942. The molecule has 0 radical (unpaired) electrons. The van der Waals surface area contributed by atoms with E-state index < -0.39 is 11.8 Å². The van der Waals surface area contributed by atoms with Crippen LogP contribution in [0.4, 0.5) is 11.4 Å². The average Bonchev–Trinajstić information content (AvgIpc) is 3.07. The Bertz CT molecular complexity index is 819. The van der Waals surface area contributed by atoms with Crippen LogP contribution in [0, 0.1) is 0 Å². The van der Waals surface area contributed by atoms with E-state index in [1.807, 2.05) is 0 Å². The van der Waals surface area contributed by atoms with E-state index in [-0.39, 0.29) is 12.5 Å². The van der Waals surface area contributed by atoms with Gasteiger partial charge < -0.3 is 15.5 Å². The third-order valence-electron chi connectivity index (χ3n) is 4.08. The first-order valence-electron chi connectivity index (χ1n) is 8.27. The van der Waals surface area contributed by atoms with Crippen LogP contribution in [0.1, 0.15) is 18.4 Å². The van der Waals surface area contributed by atoms with E-state index in [9.17, 15) is 14.4 Å². The minimum Gasteiger partial charge on any atom is -0.344 e. The maximum absolute atomic E-state index is 12.0. The van der Waals surface area contributed by atoms with Crippen LogP contribution in [-0.2, 0) is 20.9 Å². The number of carbonyl (C=O) groups is 3. The molecular formula is C19H18ClN3O3. The van der Waals surface area contributed by atoms with Crippen molar-refractivity contribution in [2.75, 3.05) is 16.8 Å². The van der Waals surface area contributed by atoms with Gasteiger partial charge in [0.1, 0.15) is 0 Å². The summed E-state index contributed by atoms with van der Waals surface area (Å²) in [5.74, 6) is -1.37. The normalized spacial score (nSPS) is 13.6. The van der Waals surface area contributed by atoms with Crippen LogP contribution in [0.2, 0.25) is 5.02 Å². The summed E-state index contributed by atoms with van der Waals surface area (Å²) in [6.07, 6.45) is 1.41.